The summed E-state index contributed by atoms with van der Waals surface area (Å²) >= 11 is 0. The third kappa shape index (κ3) is 1.80. The first-order valence-corrected chi connectivity index (χ1v) is 3.59. The summed E-state index contributed by atoms with van der Waals surface area (Å²) in [7, 11) is 0. The van der Waals surface area contributed by atoms with Crippen molar-refractivity contribution in [2.45, 2.75) is 20.3 Å². The predicted octanol–water partition coefficient (Wildman–Crippen LogP) is 1.05. The largest absolute Gasteiger partial charge is 0.368 e. The number of anilines is 1. The number of hydrogen-bond acceptors (Lipinski definition) is 3. The van der Waals surface area contributed by atoms with E-state index in [1.807, 2.05) is 19.2 Å². The van der Waals surface area contributed by atoms with E-state index < -0.39 is 0 Å². The maximum Gasteiger partial charge on any atom is 0.223 e. The van der Waals surface area contributed by atoms with Gasteiger partial charge < -0.3 is 5.73 Å². The standard InChI is InChI=1S/C7H12N4/c1-3-4-5-11-7(8)9-6(2)10-11/h4-5H,3H2,1-2H3,(H2,8,9,10)/b5-4-. The second-order valence-electron chi connectivity index (χ2n) is 2.25. The fourth-order valence-corrected chi connectivity index (χ4v) is 0.761. The molecular weight excluding hydrogens is 140 g/mol. The summed E-state index contributed by atoms with van der Waals surface area (Å²) in [5.74, 6) is 1.13. The van der Waals surface area contributed by atoms with Crippen LogP contribution in [0.4, 0.5) is 5.95 Å². The van der Waals surface area contributed by atoms with E-state index in [1.165, 1.54) is 0 Å². The van der Waals surface area contributed by atoms with Gasteiger partial charge in [-0.25, -0.2) is 4.68 Å². The minimum Gasteiger partial charge on any atom is -0.368 e. The van der Waals surface area contributed by atoms with Gasteiger partial charge in [0, 0.05) is 6.20 Å². The number of rotatable bonds is 2. The maximum atomic E-state index is 5.52. The number of aromatic nitrogens is 3. The molecule has 0 aliphatic rings. The zero-order valence-electron chi connectivity index (χ0n) is 6.78. The lowest BCUT2D eigenvalue weighted by atomic mass is 10.5. The Labute approximate surface area is 65.7 Å². The van der Waals surface area contributed by atoms with Crippen LogP contribution in [-0.4, -0.2) is 14.8 Å². The molecule has 0 unspecified atom stereocenters. The van der Waals surface area contributed by atoms with E-state index in [0.717, 1.165) is 6.42 Å². The van der Waals surface area contributed by atoms with Gasteiger partial charge >= 0.3 is 0 Å². The van der Waals surface area contributed by atoms with Gasteiger partial charge in [0.2, 0.25) is 5.95 Å². The first kappa shape index (κ1) is 7.78. The monoisotopic (exact) mass is 152 g/mol. The summed E-state index contributed by atoms with van der Waals surface area (Å²) in [5.41, 5.74) is 5.52. The summed E-state index contributed by atoms with van der Waals surface area (Å²) in [5, 5.41) is 4.04. The highest BCUT2D eigenvalue weighted by molar-refractivity contribution is 5.31. The minimum atomic E-state index is 0.437. The molecule has 4 nitrogen and oxygen atoms in total. The molecule has 0 amide bonds. The van der Waals surface area contributed by atoms with Crippen molar-refractivity contribution in [2.24, 2.45) is 0 Å². The van der Waals surface area contributed by atoms with Gasteiger partial charge in [0.05, 0.1) is 0 Å². The van der Waals surface area contributed by atoms with Gasteiger partial charge in [-0.2, -0.15) is 10.1 Å². The van der Waals surface area contributed by atoms with E-state index in [-0.39, 0.29) is 0 Å². The molecule has 1 heterocycles. The molecule has 0 bridgehead atoms. The molecule has 4 heteroatoms. The second kappa shape index (κ2) is 3.18. The summed E-state index contributed by atoms with van der Waals surface area (Å²) in [4.78, 5) is 3.94. The quantitative estimate of drug-likeness (QED) is 0.689. The average Bonchev–Trinajstić information content (AvgIpc) is 2.26. The molecule has 0 atom stereocenters. The normalized spacial score (nSPS) is 11.1. The topological polar surface area (TPSA) is 56.7 Å². The lowest BCUT2D eigenvalue weighted by molar-refractivity contribution is 0.915. The minimum absolute atomic E-state index is 0.437. The Morgan fingerprint density at radius 2 is 2.36 bits per heavy atom. The number of aryl methyl sites for hydroxylation is 1. The number of allylic oxidation sites excluding steroid dienone is 1. The van der Waals surface area contributed by atoms with Gasteiger partial charge in [0.1, 0.15) is 5.82 Å². The Balaban J connectivity index is 2.85. The summed E-state index contributed by atoms with van der Waals surface area (Å²) in [6.07, 6.45) is 4.76. The highest BCUT2D eigenvalue weighted by atomic mass is 15.4. The lowest BCUT2D eigenvalue weighted by Gasteiger charge is -1.90. The van der Waals surface area contributed by atoms with Crippen molar-refractivity contribution in [3.63, 3.8) is 0 Å². The second-order valence-corrected chi connectivity index (χ2v) is 2.25. The van der Waals surface area contributed by atoms with Crippen LogP contribution in [0, 0.1) is 6.92 Å². The van der Waals surface area contributed by atoms with Gasteiger partial charge in [0.15, 0.2) is 0 Å². The molecule has 1 aromatic heterocycles. The molecule has 60 valence electrons. The van der Waals surface area contributed by atoms with Crippen molar-refractivity contribution in [2.75, 3.05) is 5.73 Å². The van der Waals surface area contributed by atoms with Gasteiger partial charge in [0.25, 0.3) is 0 Å². The molecular formula is C7H12N4. The van der Waals surface area contributed by atoms with Crippen LogP contribution in [0.1, 0.15) is 19.2 Å². The zero-order valence-corrected chi connectivity index (χ0v) is 6.78. The Morgan fingerprint density at radius 1 is 1.64 bits per heavy atom. The summed E-state index contributed by atoms with van der Waals surface area (Å²) < 4.78 is 1.57. The molecule has 1 aromatic rings. The van der Waals surface area contributed by atoms with Crippen LogP contribution < -0.4 is 5.73 Å². The van der Waals surface area contributed by atoms with Crippen molar-refractivity contribution in [1.82, 2.24) is 14.8 Å². The molecule has 2 N–H and O–H groups in total. The highest BCUT2D eigenvalue weighted by Crippen LogP contribution is 1.99. The van der Waals surface area contributed by atoms with Crippen molar-refractivity contribution in [3.8, 4) is 0 Å². The molecule has 0 aliphatic carbocycles. The van der Waals surface area contributed by atoms with Gasteiger partial charge in [-0.3, -0.25) is 0 Å². The number of nitrogens with two attached hydrogens (primary N) is 1. The molecule has 0 aliphatic heterocycles. The van der Waals surface area contributed by atoms with Gasteiger partial charge in [-0.1, -0.05) is 13.0 Å². The van der Waals surface area contributed by atoms with E-state index in [0.29, 0.717) is 11.8 Å². The molecule has 1 rings (SSSR count). The van der Waals surface area contributed by atoms with Gasteiger partial charge in [-0.15, -0.1) is 0 Å². The zero-order chi connectivity index (χ0) is 8.27. The van der Waals surface area contributed by atoms with E-state index >= 15 is 0 Å². The van der Waals surface area contributed by atoms with E-state index in [2.05, 4.69) is 17.0 Å². The van der Waals surface area contributed by atoms with Crippen LogP contribution >= 0.6 is 0 Å². The highest BCUT2D eigenvalue weighted by Gasteiger charge is 1.97. The fraction of sp³-hybridized carbons (Fsp3) is 0.429. The molecule has 0 saturated carbocycles. The van der Waals surface area contributed by atoms with E-state index in [9.17, 15) is 0 Å². The summed E-state index contributed by atoms with van der Waals surface area (Å²) in [6.45, 7) is 3.86. The first-order valence-electron chi connectivity index (χ1n) is 3.59. The SMILES string of the molecule is CC/C=C\n1nc(C)nc1N. The lowest BCUT2D eigenvalue weighted by Crippen LogP contribution is -1.96. The predicted molar refractivity (Wildman–Crippen MR) is 44.8 cm³/mol. The summed E-state index contributed by atoms with van der Waals surface area (Å²) in [6, 6.07) is 0. The molecule has 11 heavy (non-hydrogen) atoms. The Kier molecular flexibility index (Phi) is 2.25. The van der Waals surface area contributed by atoms with Crippen LogP contribution in [0.2, 0.25) is 0 Å². The van der Waals surface area contributed by atoms with Gasteiger partial charge in [-0.05, 0) is 13.3 Å². The number of hydrogen-bond donors (Lipinski definition) is 1. The Bertz CT molecular complexity index is 261. The smallest absolute Gasteiger partial charge is 0.223 e. The molecule has 0 spiro atoms. The molecule has 0 saturated heterocycles. The van der Waals surface area contributed by atoms with Crippen LogP contribution in [0.3, 0.4) is 0 Å². The maximum absolute atomic E-state index is 5.52. The average molecular weight is 152 g/mol. The third-order valence-corrected chi connectivity index (χ3v) is 1.25. The van der Waals surface area contributed by atoms with Crippen LogP contribution in [0.25, 0.3) is 6.20 Å². The Morgan fingerprint density at radius 3 is 2.82 bits per heavy atom. The first-order chi connectivity index (χ1) is 5.24. The molecule has 0 fully saturated rings. The van der Waals surface area contributed by atoms with E-state index in [1.54, 1.807) is 4.68 Å². The van der Waals surface area contributed by atoms with Crippen molar-refractivity contribution in [1.29, 1.82) is 0 Å². The van der Waals surface area contributed by atoms with E-state index in [4.69, 9.17) is 5.73 Å². The Hall–Kier alpha value is -1.32. The van der Waals surface area contributed by atoms with Crippen LogP contribution in [0.5, 0.6) is 0 Å². The molecule has 0 aromatic carbocycles. The van der Waals surface area contributed by atoms with Crippen LogP contribution in [-0.2, 0) is 0 Å². The van der Waals surface area contributed by atoms with Crippen molar-refractivity contribution >= 4 is 12.1 Å². The number of nitrogen functional groups attached to an aromatic ring is 1. The molecule has 0 radical (unpaired) electrons. The fourth-order valence-electron chi connectivity index (χ4n) is 0.761. The number of nitrogens with zero attached hydrogens (tertiary/aromatic N) is 3. The third-order valence-electron chi connectivity index (χ3n) is 1.25. The van der Waals surface area contributed by atoms with Crippen molar-refractivity contribution in [3.05, 3.63) is 11.9 Å². The van der Waals surface area contributed by atoms with Crippen molar-refractivity contribution < 1.29 is 0 Å². The van der Waals surface area contributed by atoms with Crippen LogP contribution in [0.15, 0.2) is 6.08 Å².